The minimum absolute atomic E-state index is 0.621. The maximum Gasteiger partial charge on any atom is 0.0992 e. The van der Waals surface area contributed by atoms with Gasteiger partial charge in [-0.15, -0.1) is 0 Å². The first-order chi connectivity index (χ1) is 8.60. The molecular weight excluding hydrogens is 290 g/mol. The molecule has 0 atom stereocenters. The molecule has 4 heteroatoms. The molecule has 0 saturated carbocycles. The number of hydrogen-bond acceptors (Lipinski definition) is 3. The van der Waals surface area contributed by atoms with E-state index in [1.807, 2.05) is 31.2 Å². The number of rotatable bonds is 2. The maximum absolute atomic E-state index is 8.80. The van der Waals surface area contributed by atoms with E-state index in [-0.39, 0.29) is 0 Å². The highest BCUT2D eigenvalue weighted by atomic mass is 79.9. The van der Waals surface area contributed by atoms with E-state index in [9.17, 15) is 0 Å². The molecule has 0 aliphatic heterocycles. The predicted octanol–water partition coefficient (Wildman–Crippen LogP) is 3.96. The monoisotopic (exact) mass is 301 g/mol. The van der Waals surface area contributed by atoms with E-state index in [1.54, 1.807) is 12.1 Å². The minimum Gasteiger partial charge on any atom is -0.398 e. The highest BCUT2D eigenvalue weighted by Crippen LogP contribution is 2.28. The zero-order valence-corrected chi connectivity index (χ0v) is 11.5. The average molecular weight is 302 g/mol. The number of halogens is 1. The SMILES string of the molecule is Cc1ccc(Nc2ccc(C#N)cc2Br)cc1N. The summed E-state index contributed by atoms with van der Waals surface area (Å²) < 4.78 is 0.848. The lowest BCUT2D eigenvalue weighted by molar-refractivity contribution is 1.44. The highest BCUT2D eigenvalue weighted by Gasteiger charge is 2.03. The van der Waals surface area contributed by atoms with Crippen molar-refractivity contribution in [2.75, 3.05) is 11.1 Å². The molecule has 0 fully saturated rings. The second-order valence-corrected chi connectivity index (χ2v) is 4.86. The molecule has 3 nitrogen and oxygen atoms in total. The minimum atomic E-state index is 0.621. The Morgan fingerprint density at radius 2 is 2.00 bits per heavy atom. The summed E-state index contributed by atoms with van der Waals surface area (Å²) in [4.78, 5) is 0. The summed E-state index contributed by atoms with van der Waals surface area (Å²) in [5.74, 6) is 0. The molecule has 0 spiro atoms. The molecule has 3 N–H and O–H groups in total. The van der Waals surface area contributed by atoms with E-state index < -0.39 is 0 Å². The third kappa shape index (κ3) is 2.63. The van der Waals surface area contributed by atoms with Gasteiger partial charge in [0.1, 0.15) is 0 Å². The van der Waals surface area contributed by atoms with E-state index in [0.29, 0.717) is 5.56 Å². The van der Waals surface area contributed by atoms with E-state index in [0.717, 1.165) is 27.1 Å². The lowest BCUT2D eigenvalue weighted by Gasteiger charge is -2.10. The molecule has 0 aliphatic rings. The van der Waals surface area contributed by atoms with Crippen molar-refractivity contribution in [1.82, 2.24) is 0 Å². The van der Waals surface area contributed by atoms with Crippen molar-refractivity contribution in [2.45, 2.75) is 6.92 Å². The smallest absolute Gasteiger partial charge is 0.0992 e. The number of nitriles is 1. The van der Waals surface area contributed by atoms with Crippen LogP contribution in [0.25, 0.3) is 0 Å². The fourth-order valence-electron chi connectivity index (χ4n) is 1.56. The molecule has 0 aromatic heterocycles. The summed E-state index contributed by atoms with van der Waals surface area (Å²) in [7, 11) is 0. The van der Waals surface area contributed by atoms with Gasteiger partial charge >= 0.3 is 0 Å². The van der Waals surface area contributed by atoms with Crippen molar-refractivity contribution in [3.63, 3.8) is 0 Å². The number of benzene rings is 2. The van der Waals surface area contributed by atoms with Crippen LogP contribution in [-0.4, -0.2) is 0 Å². The Kier molecular flexibility index (Phi) is 3.54. The summed E-state index contributed by atoms with van der Waals surface area (Å²) in [5, 5.41) is 12.1. The number of nitrogens with one attached hydrogen (secondary N) is 1. The third-order valence-corrected chi connectivity index (χ3v) is 3.31. The summed E-state index contributed by atoms with van der Waals surface area (Å²) in [5.41, 5.74) is 10.1. The Labute approximate surface area is 114 Å². The lowest BCUT2D eigenvalue weighted by Crippen LogP contribution is -1.95. The van der Waals surface area contributed by atoms with E-state index >= 15 is 0 Å². The first kappa shape index (κ1) is 12.5. The molecule has 2 rings (SSSR count). The first-order valence-corrected chi connectivity index (χ1v) is 6.22. The second-order valence-electron chi connectivity index (χ2n) is 4.00. The fraction of sp³-hybridized carbons (Fsp3) is 0.0714. The van der Waals surface area contributed by atoms with Crippen molar-refractivity contribution in [3.8, 4) is 6.07 Å². The summed E-state index contributed by atoms with van der Waals surface area (Å²) in [6.07, 6.45) is 0. The van der Waals surface area contributed by atoms with E-state index in [2.05, 4.69) is 27.3 Å². The zero-order valence-electron chi connectivity index (χ0n) is 9.87. The Hall–Kier alpha value is -1.99. The Balaban J connectivity index is 2.29. The van der Waals surface area contributed by atoms with Gasteiger partial charge in [-0.05, 0) is 58.7 Å². The van der Waals surface area contributed by atoms with Gasteiger partial charge in [-0.1, -0.05) is 6.07 Å². The van der Waals surface area contributed by atoms with Gasteiger partial charge in [0.2, 0.25) is 0 Å². The van der Waals surface area contributed by atoms with Crippen LogP contribution >= 0.6 is 15.9 Å². The van der Waals surface area contributed by atoms with Gasteiger partial charge in [-0.3, -0.25) is 0 Å². The number of hydrogen-bond donors (Lipinski definition) is 2. The highest BCUT2D eigenvalue weighted by molar-refractivity contribution is 9.10. The Morgan fingerprint density at radius 1 is 1.22 bits per heavy atom. The van der Waals surface area contributed by atoms with Gasteiger partial charge in [-0.25, -0.2) is 0 Å². The lowest BCUT2D eigenvalue weighted by atomic mass is 10.1. The van der Waals surface area contributed by atoms with Crippen molar-refractivity contribution in [1.29, 1.82) is 5.26 Å². The molecule has 0 saturated heterocycles. The van der Waals surface area contributed by atoms with Crippen LogP contribution in [0.4, 0.5) is 17.1 Å². The summed E-state index contributed by atoms with van der Waals surface area (Å²) in [6, 6.07) is 13.3. The van der Waals surface area contributed by atoms with Gasteiger partial charge in [-0.2, -0.15) is 5.26 Å². The fourth-order valence-corrected chi connectivity index (χ4v) is 2.04. The normalized spacial score (nSPS) is 9.83. The molecule has 90 valence electrons. The molecule has 0 amide bonds. The number of nitrogen functional groups attached to an aromatic ring is 1. The molecule has 0 heterocycles. The van der Waals surface area contributed by atoms with Gasteiger partial charge in [0, 0.05) is 15.8 Å². The van der Waals surface area contributed by atoms with Gasteiger partial charge < -0.3 is 11.1 Å². The van der Waals surface area contributed by atoms with Crippen LogP contribution in [-0.2, 0) is 0 Å². The Bertz CT molecular complexity index is 629. The van der Waals surface area contributed by atoms with Crippen LogP contribution in [0, 0.1) is 18.3 Å². The standard InChI is InChI=1S/C14H12BrN3/c1-9-2-4-11(7-13(9)17)18-14-5-3-10(8-16)6-12(14)15/h2-7,18H,17H2,1H3. The molecule has 2 aromatic rings. The van der Waals surface area contributed by atoms with Crippen molar-refractivity contribution in [3.05, 3.63) is 52.0 Å². The van der Waals surface area contributed by atoms with Gasteiger partial charge in [0.15, 0.2) is 0 Å². The van der Waals surface area contributed by atoms with Crippen LogP contribution in [0.1, 0.15) is 11.1 Å². The maximum atomic E-state index is 8.80. The number of anilines is 3. The average Bonchev–Trinajstić information content (AvgIpc) is 2.36. The van der Waals surface area contributed by atoms with E-state index in [4.69, 9.17) is 11.0 Å². The molecule has 18 heavy (non-hydrogen) atoms. The zero-order chi connectivity index (χ0) is 13.1. The number of aryl methyl sites for hydroxylation is 1. The van der Waals surface area contributed by atoms with Crippen LogP contribution in [0.15, 0.2) is 40.9 Å². The van der Waals surface area contributed by atoms with Crippen LogP contribution in [0.5, 0.6) is 0 Å². The molecule has 2 aromatic carbocycles. The van der Waals surface area contributed by atoms with Crippen molar-refractivity contribution < 1.29 is 0 Å². The molecule has 0 bridgehead atoms. The Morgan fingerprint density at radius 3 is 2.61 bits per heavy atom. The third-order valence-electron chi connectivity index (χ3n) is 2.66. The quantitative estimate of drug-likeness (QED) is 0.826. The van der Waals surface area contributed by atoms with E-state index in [1.165, 1.54) is 0 Å². The topological polar surface area (TPSA) is 61.8 Å². The largest absolute Gasteiger partial charge is 0.398 e. The van der Waals surface area contributed by atoms with Crippen molar-refractivity contribution in [2.24, 2.45) is 0 Å². The first-order valence-electron chi connectivity index (χ1n) is 5.43. The van der Waals surface area contributed by atoms with Crippen LogP contribution < -0.4 is 11.1 Å². The molecule has 0 unspecified atom stereocenters. The summed E-state index contributed by atoms with van der Waals surface area (Å²) in [6.45, 7) is 1.97. The summed E-state index contributed by atoms with van der Waals surface area (Å²) >= 11 is 3.43. The molecular formula is C14H12BrN3. The van der Waals surface area contributed by atoms with Crippen LogP contribution in [0.2, 0.25) is 0 Å². The second kappa shape index (κ2) is 5.11. The number of nitrogens with zero attached hydrogens (tertiary/aromatic N) is 1. The van der Waals surface area contributed by atoms with Gasteiger partial charge in [0.25, 0.3) is 0 Å². The van der Waals surface area contributed by atoms with Crippen molar-refractivity contribution >= 4 is 33.0 Å². The van der Waals surface area contributed by atoms with Gasteiger partial charge in [0.05, 0.1) is 17.3 Å². The molecule has 0 radical (unpaired) electrons. The predicted molar refractivity (Wildman–Crippen MR) is 77.7 cm³/mol. The van der Waals surface area contributed by atoms with Crippen LogP contribution in [0.3, 0.4) is 0 Å². The molecule has 0 aliphatic carbocycles. The number of nitrogens with two attached hydrogens (primary N) is 1.